The molecule has 0 spiro atoms. The van der Waals surface area contributed by atoms with E-state index in [-0.39, 0.29) is 17.6 Å². The number of hydrogen-bond acceptors (Lipinski definition) is 3. The Morgan fingerprint density at radius 2 is 1.76 bits per heavy atom. The standard InChI is InChI=1S/C29H31FN2O2/c30-25-12-5-4-11-24(25)27-14-6-13-26(31-27)23-10-7-17-32(21-23)28(33)29(15-18-34-19-16-29)20-22-8-2-1-3-9-22/h1-6,8-9,11-14,23H,7,10,15-21H2. The van der Waals surface area contributed by atoms with Gasteiger partial charge in [0, 0.05) is 43.5 Å². The van der Waals surface area contributed by atoms with E-state index < -0.39 is 5.41 Å². The molecule has 0 radical (unpaired) electrons. The number of ether oxygens (including phenoxy) is 1. The Hall–Kier alpha value is -3.05. The lowest BCUT2D eigenvalue weighted by Gasteiger charge is -2.42. The van der Waals surface area contributed by atoms with Gasteiger partial charge in [0.1, 0.15) is 5.82 Å². The van der Waals surface area contributed by atoms with Crippen LogP contribution in [0.15, 0.2) is 72.8 Å². The van der Waals surface area contributed by atoms with E-state index in [0.29, 0.717) is 31.0 Å². The summed E-state index contributed by atoms with van der Waals surface area (Å²) >= 11 is 0. The van der Waals surface area contributed by atoms with Gasteiger partial charge in [-0.25, -0.2) is 4.39 Å². The molecule has 0 aliphatic carbocycles. The quantitative estimate of drug-likeness (QED) is 0.497. The van der Waals surface area contributed by atoms with E-state index in [2.05, 4.69) is 17.0 Å². The monoisotopic (exact) mass is 458 g/mol. The second-order valence-electron chi connectivity index (χ2n) is 9.57. The lowest BCUT2D eigenvalue weighted by molar-refractivity contribution is -0.149. The predicted molar refractivity (Wildman–Crippen MR) is 131 cm³/mol. The number of halogens is 1. The lowest BCUT2D eigenvalue weighted by atomic mass is 9.73. The third-order valence-corrected chi connectivity index (χ3v) is 7.34. The van der Waals surface area contributed by atoms with Crippen LogP contribution in [0.1, 0.15) is 42.9 Å². The number of aromatic nitrogens is 1. The van der Waals surface area contributed by atoms with Crippen molar-refractivity contribution >= 4 is 5.91 Å². The summed E-state index contributed by atoms with van der Waals surface area (Å²) < 4.78 is 20.0. The molecule has 1 atom stereocenters. The number of amides is 1. The van der Waals surface area contributed by atoms with E-state index in [1.807, 2.05) is 42.5 Å². The Labute approximate surface area is 200 Å². The molecule has 176 valence electrons. The van der Waals surface area contributed by atoms with Gasteiger partial charge in [-0.15, -0.1) is 0 Å². The molecule has 4 nitrogen and oxygen atoms in total. The van der Waals surface area contributed by atoms with E-state index >= 15 is 0 Å². The highest BCUT2D eigenvalue weighted by Crippen LogP contribution is 2.38. The van der Waals surface area contributed by atoms with Crippen molar-refractivity contribution in [3.8, 4) is 11.3 Å². The summed E-state index contributed by atoms with van der Waals surface area (Å²) in [5, 5.41) is 0. The van der Waals surface area contributed by atoms with Crippen molar-refractivity contribution in [1.29, 1.82) is 0 Å². The smallest absolute Gasteiger partial charge is 0.229 e. The molecule has 2 aromatic carbocycles. The van der Waals surface area contributed by atoms with Crippen LogP contribution in [0.4, 0.5) is 4.39 Å². The van der Waals surface area contributed by atoms with Crippen LogP contribution in [0.3, 0.4) is 0 Å². The van der Waals surface area contributed by atoms with Gasteiger partial charge >= 0.3 is 0 Å². The summed E-state index contributed by atoms with van der Waals surface area (Å²) in [5.41, 5.74) is 2.87. The highest BCUT2D eigenvalue weighted by Gasteiger charge is 2.43. The highest BCUT2D eigenvalue weighted by atomic mass is 19.1. The molecule has 2 aliphatic heterocycles. The molecule has 2 saturated heterocycles. The second kappa shape index (κ2) is 10.1. The van der Waals surface area contributed by atoms with Gasteiger partial charge in [0.05, 0.1) is 11.1 Å². The summed E-state index contributed by atoms with van der Waals surface area (Å²) in [6.45, 7) is 2.69. The van der Waals surface area contributed by atoms with Gasteiger partial charge in [-0.05, 0) is 61.9 Å². The van der Waals surface area contributed by atoms with Crippen molar-refractivity contribution in [2.75, 3.05) is 26.3 Å². The van der Waals surface area contributed by atoms with Crippen LogP contribution in [0.5, 0.6) is 0 Å². The first-order valence-electron chi connectivity index (χ1n) is 12.3. The molecule has 1 unspecified atom stereocenters. The molecule has 0 bridgehead atoms. The van der Waals surface area contributed by atoms with Gasteiger partial charge in [0.2, 0.25) is 5.91 Å². The minimum Gasteiger partial charge on any atom is -0.381 e. The number of pyridine rings is 1. The number of piperidine rings is 1. The fourth-order valence-electron chi connectivity index (χ4n) is 5.45. The number of rotatable bonds is 5. The van der Waals surface area contributed by atoms with Gasteiger partial charge < -0.3 is 9.64 Å². The summed E-state index contributed by atoms with van der Waals surface area (Å²) in [6.07, 6.45) is 4.18. The molecule has 34 heavy (non-hydrogen) atoms. The third kappa shape index (κ3) is 4.76. The largest absolute Gasteiger partial charge is 0.381 e. The number of carbonyl (C=O) groups excluding carboxylic acids is 1. The van der Waals surface area contributed by atoms with Crippen molar-refractivity contribution in [3.05, 3.63) is 89.9 Å². The van der Waals surface area contributed by atoms with Crippen molar-refractivity contribution < 1.29 is 13.9 Å². The van der Waals surface area contributed by atoms with Crippen LogP contribution in [-0.2, 0) is 16.0 Å². The van der Waals surface area contributed by atoms with Crippen LogP contribution >= 0.6 is 0 Å². The lowest BCUT2D eigenvalue weighted by Crippen LogP contribution is -2.51. The Kier molecular flexibility index (Phi) is 6.73. The summed E-state index contributed by atoms with van der Waals surface area (Å²) in [5.74, 6) is 0.127. The Balaban J connectivity index is 1.37. The molecule has 0 N–H and O–H groups in total. The van der Waals surface area contributed by atoms with Crippen LogP contribution in [-0.4, -0.2) is 42.1 Å². The molecule has 3 aromatic rings. The van der Waals surface area contributed by atoms with Crippen LogP contribution in [0.25, 0.3) is 11.3 Å². The maximum Gasteiger partial charge on any atom is 0.229 e. The van der Waals surface area contributed by atoms with E-state index in [1.54, 1.807) is 12.1 Å². The summed E-state index contributed by atoms with van der Waals surface area (Å²) in [6, 6.07) is 22.9. The fraction of sp³-hybridized carbons (Fsp3) is 0.379. The number of hydrogen-bond donors (Lipinski definition) is 0. The van der Waals surface area contributed by atoms with Gasteiger partial charge in [-0.2, -0.15) is 0 Å². The maximum absolute atomic E-state index is 14.3. The SMILES string of the molecule is O=C(N1CCCC(c2cccc(-c3ccccc3F)n2)C1)C1(Cc2ccccc2)CCOCC1. The van der Waals surface area contributed by atoms with Crippen LogP contribution in [0, 0.1) is 11.2 Å². The van der Waals surface area contributed by atoms with E-state index in [1.165, 1.54) is 11.6 Å². The first-order valence-corrected chi connectivity index (χ1v) is 12.3. The first-order chi connectivity index (χ1) is 16.6. The molecule has 2 aliphatic rings. The van der Waals surface area contributed by atoms with Crippen LogP contribution < -0.4 is 0 Å². The topological polar surface area (TPSA) is 42.4 Å². The Bertz CT molecular complexity index is 1130. The summed E-state index contributed by atoms with van der Waals surface area (Å²) in [4.78, 5) is 20.9. The van der Waals surface area contributed by atoms with Crippen molar-refractivity contribution in [2.24, 2.45) is 5.41 Å². The fourth-order valence-corrected chi connectivity index (χ4v) is 5.45. The van der Waals surface area contributed by atoms with E-state index in [4.69, 9.17) is 9.72 Å². The zero-order valence-corrected chi connectivity index (χ0v) is 19.5. The Morgan fingerprint density at radius 3 is 2.56 bits per heavy atom. The minimum absolute atomic E-state index is 0.151. The number of carbonyl (C=O) groups is 1. The molecule has 2 fully saturated rings. The average molecular weight is 459 g/mol. The molecule has 1 amide bonds. The zero-order valence-electron chi connectivity index (χ0n) is 19.5. The molecular weight excluding hydrogens is 427 g/mol. The number of benzene rings is 2. The Morgan fingerprint density at radius 1 is 1.00 bits per heavy atom. The zero-order chi connectivity index (χ0) is 23.4. The molecule has 3 heterocycles. The highest BCUT2D eigenvalue weighted by molar-refractivity contribution is 5.83. The third-order valence-electron chi connectivity index (χ3n) is 7.34. The predicted octanol–water partition coefficient (Wildman–Crippen LogP) is 5.63. The van der Waals surface area contributed by atoms with Gasteiger partial charge in [0.25, 0.3) is 0 Å². The van der Waals surface area contributed by atoms with Crippen molar-refractivity contribution in [2.45, 2.75) is 38.0 Å². The number of nitrogens with zero attached hydrogens (tertiary/aromatic N) is 2. The van der Waals surface area contributed by atoms with Crippen molar-refractivity contribution in [1.82, 2.24) is 9.88 Å². The minimum atomic E-state index is -0.413. The van der Waals surface area contributed by atoms with E-state index in [9.17, 15) is 9.18 Å². The maximum atomic E-state index is 14.3. The molecule has 5 heteroatoms. The van der Waals surface area contributed by atoms with Crippen LogP contribution in [0.2, 0.25) is 0 Å². The number of likely N-dealkylation sites (tertiary alicyclic amines) is 1. The molecule has 1 aromatic heterocycles. The van der Waals surface area contributed by atoms with Crippen molar-refractivity contribution in [3.63, 3.8) is 0 Å². The first kappa shape index (κ1) is 22.7. The molecular formula is C29H31FN2O2. The van der Waals surface area contributed by atoms with Gasteiger partial charge in [0.15, 0.2) is 0 Å². The average Bonchev–Trinajstić information content (AvgIpc) is 2.90. The summed E-state index contributed by atoms with van der Waals surface area (Å²) in [7, 11) is 0. The normalized spacial score (nSPS) is 20.1. The molecule has 5 rings (SSSR count). The van der Waals surface area contributed by atoms with Gasteiger partial charge in [-0.1, -0.05) is 48.5 Å². The molecule has 0 saturated carbocycles. The van der Waals surface area contributed by atoms with Gasteiger partial charge in [-0.3, -0.25) is 9.78 Å². The second-order valence-corrected chi connectivity index (χ2v) is 9.57. The van der Waals surface area contributed by atoms with E-state index in [0.717, 1.165) is 44.3 Å².